The SMILES string of the molecule is CCOc1ccc(N(CC(=O)N(Cc2c(Cl)cccc2Cl)C(CC)C(=O)NC(C)C)S(=O)(=O)c2ccc(Cl)cc2)cc1. The number of sulfonamides is 1. The lowest BCUT2D eigenvalue weighted by atomic mass is 10.1. The zero-order valence-corrected chi connectivity index (χ0v) is 26.9. The van der Waals surface area contributed by atoms with E-state index >= 15 is 0 Å². The van der Waals surface area contributed by atoms with Crippen LogP contribution >= 0.6 is 34.8 Å². The normalized spacial score (nSPS) is 12.1. The minimum atomic E-state index is -4.25. The van der Waals surface area contributed by atoms with E-state index in [4.69, 9.17) is 39.5 Å². The number of halogens is 3. The lowest BCUT2D eigenvalue weighted by molar-refractivity contribution is -0.140. The topological polar surface area (TPSA) is 96.0 Å². The van der Waals surface area contributed by atoms with Crippen molar-refractivity contribution < 1.29 is 22.7 Å². The summed E-state index contributed by atoms with van der Waals surface area (Å²) >= 11 is 18.9. The summed E-state index contributed by atoms with van der Waals surface area (Å²) in [5.74, 6) is -0.455. The number of anilines is 1. The van der Waals surface area contributed by atoms with Gasteiger partial charge in [0.25, 0.3) is 10.0 Å². The number of amides is 2. The van der Waals surface area contributed by atoms with E-state index in [1.165, 1.54) is 29.2 Å². The molecule has 3 aromatic rings. The number of hydrogen-bond donors (Lipinski definition) is 1. The summed E-state index contributed by atoms with van der Waals surface area (Å²) in [7, 11) is -4.25. The number of nitrogens with one attached hydrogen (secondary N) is 1. The highest BCUT2D eigenvalue weighted by Gasteiger charge is 2.34. The van der Waals surface area contributed by atoms with E-state index in [0.717, 1.165) is 4.31 Å². The van der Waals surface area contributed by atoms with E-state index in [-0.39, 0.29) is 35.5 Å². The molecule has 0 saturated carbocycles. The molecule has 1 atom stereocenters. The van der Waals surface area contributed by atoms with Crippen molar-refractivity contribution in [1.29, 1.82) is 0 Å². The molecule has 226 valence electrons. The first-order valence-corrected chi connectivity index (χ1v) is 16.0. The molecule has 0 saturated heterocycles. The smallest absolute Gasteiger partial charge is 0.264 e. The van der Waals surface area contributed by atoms with Crippen LogP contribution in [-0.4, -0.2) is 50.4 Å². The van der Waals surface area contributed by atoms with Crippen molar-refractivity contribution in [3.8, 4) is 5.75 Å². The van der Waals surface area contributed by atoms with Crippen molar-refractivity contribution in [3.05, 3.63) is 87.4 Å². The summed E-state index contributed by atoms with van der Waals surface area (Å²) < 4.78 is 34.4. The van der Waals surface area contributed by atoms with Gasteiger partial charge in [-0.1, -0.05) is 47.8 Å². The fourth-order valence-electron chi connectivity index (χ4n) is 4.29. The van der Waals surface area contributed by atoms with Crippen LogP contribution in [0.15, 0.2) is 71.6 Å². The highest BCUT2D eigenvalue weighted by Crippen LogP contribution is 2.30. The minimum Gasteiger partial charge on any atom is -0.494 e. The van der Waals surface area contributed by atoms with Gasteiger partial charge in [0.05, 0.1) is 17.2 Å². The molecule has 0 radical (unpaired) electrons. The van der Waals surface area contributed by atoms with Gasteiger partial charge in [0.2, 0.25) is 11.8 Å². The van der Waals surface area contributed by atoms with Gasteiger partial charge in [0.15, 0.2) is 0 Å². The summed E-state index contributed by atoms with van der Waals surface area (Å²) in [6.07, 6.45) is 0.263. The average molecular weight is 655 g/mol. The Balaban J connectivity index is 2.10. The number of carbonyl (C=O) groups excluding carboxylic acids is 2. The Kier molecular flexibility index (Phi) is 11.9. The maximum Gasteiger partial charge on any atom is 0.264 e. The molecule has 0 bridgehead atoms. The van der Waals surface area contributed by atoms with Crippen LogP contribution in [0.1, 0.15) is 39.7 Å². The van der Waals surface area contributed by atoms with Gasteiger partial charge in [0.1, 0.15) is 18.3 Å². The van der Waals surface area contributed by atoms with Crippen LogP contribution in [0.4, 0.5) is 5.69 Å². The lowest BCUT2D eigenvalue weighted by Crippen LogP contribution is -2.53. The molecule has 0 aromatic heterocycles. The van der Waals surface area contributed by atoms with Gasteiger partial charge in [-0.15, -0.1) is 0 Å². The number of ether oxygens (including phenoxy) is 1. The summed E-state index contributed by atoms with van der Waals surface area (Å²) in [6, 6.07) is 15.9. The molecule has 1 unspecified atom stereocenters. The van der Waals surface area contributed by atoms with Crippen molar-refractivity contribution in [2.75, 3.05) is 17.5 Å². The fourth-order valence-corrected chi connectivity index (χ4v) is 6.35. The molecule has 0 aliphatic carbocycles. The molecule has 3 rings (SSSR count). The number of hydrogen-bond acceptors (Lipinski definition) is 5. The Bertz CT molecular complexity index is 1460. The van der Waals surface area contributed by atoms with E-state index in [9.17, 15) is 18.0 Å². The highest BCUT2D eigenvalue weighted by atomic mass is 35.5. The molecular weight excluding hydrogens is 621 g/mol. The maximum atomic E-state index is 14.2. The molecule has 0 heterocycles. The Morgan fingerprint density at radius 1 is 0.905 bits per heavy atom. The second kappa shape index (κ2) is 15.0. The van der Waals surface area contributed by atoms with Crippen molar-refractivity contribution in [3.63, 3.8) is 0 Å². The van der Waals surface area contributed by atoms with Gasteiger partial charge in [0, 0.05) is 33.2 Å². The van der Waals surface area contributed by atoms with Crippen molar-refractivity contribution in [1.82, 2.24) is 10.2 Å². The summed E-state index contributed by atoms with van der Waals surface area (Å²) in [5, 5.41) is 3.85. The van der Waals surface area contributed by atoms with Gasteiger partial charge in [-0.2, -0.15) is 0 Å². The highest BCUT2D eigenvalue weighted by molar-refractivity contribution is 7.92. The molecule has 0 spiro atoms. The predicted molar refractivity (Wildman–Crippen MR) is 168 cm³/mol. The van der Waals surface area contributed by atoms with Crippen LogP contribution in [-0.2, 0) is 26.2 Å². The number of nitrogens with zero attached hydrogens (tertiary/aromatic N) is 2. The van der Waals surface area contributed by atoms with E-state index < -0.39 is 28.5 Å². The maximum absolute atomic E-state index is 14.2. The van der Waals surface area contributed by atoms with E-state index in [1.54, 1.807) is 49.4 Å². The van der Waals surface area contributed by atoms with Crippen molar-refractivity contribution in [2.24, 2.45) is 0 Å². The molecular formula is C30H34Cl3N3O5S. The first-order chi connectivity index (χ1) is 19.9. The second-order valence-corrected chi connectivity index (χ2v) is 12.8. The Hall–Kier alpha value is -2.98. The first kappa shape index (κ1) is 33.5. The zero-order chi connectivity index (χ0) is 31.0. The van der Waals surface area contributed by atoms with Gasteiger partial charge in [-0.05, 0) is 87.9 Å². The van der Waals surface area contributed by atoms with Crippen molar-refractivity contribution in [2.45, 2.75) is 57.6 Å². The monoisotopic (exact) mass is 653 g/mol. The molecule has 12 heteroatoms. The molecule has 3 aromatic carbocycles. The summed E-state index contributed by atoms with van der Waals surface area (Å²) in [5.41, 5.74) is 0.676. The van der Waals surface area contributed by atoms with Crippen LogP contribution in [0.3, 0.4) is 0 Å². The predicted octanol–water partition coefficient (Wildman–Crippen LogP) is 6.57. The van der Waals surface area contributed by atoms with E-state index in [0.29, 0.717) is 33.0 Å². The Labute approximate surface area is 262 Å². The number of carbonyl (C=O) groups is 2. The number of benzene rings is 3. The standard InChI is InChI=1S/C30H34Cl3N3O5S/c1-5-28(30(38)34-20(3)4)35(18-25-26(32)8-7-9-27(25)33)29(37)19-36(22-12-14-23(15-13-22)41-6-2)42(39,40)24-16-10-21(31)11-17-24/h7-17,20,28H,5-6,18-19H2,1-4H3,(H,34,38). The largest absolute Gasteiger partial charge is 0.494 e. The summed E-state index contributed by atoms with van der Waals surface area (Å²) in [4.78, 5) is 28.7. The molecule has 8 nitrogen and oxygen atoms in total. The van der Waals surface area contributed by atoms with Gasteiger partial charge in [-0.3, -0.25) is 13.9 Å². The van der Waals surface area contributed by atoms with Crippen LogP contribution in [0.25, 0.3) is 0 Å². The molecule has 0 aliphatic heterocycles. The van der Waals surface area contributed by atoms with E-state index in [2.05, 4.69) is 5.32 Å². The second-order valence-electron chi connectivity index (χ2n) is 9.70. The molecule has 1 N–H and O–H groups in total. The van der Waals surface area contributed by atoms with Crippen molar-refractivity contribution >= 4 is 62.3 Å². The average Bonchev–Trinajstić information content (AvgIpc) is 2.93. The summed E-state index contributed by atoms with van der Waals surface area (Å²) in [6.45, 7) is 6.95. The zero-order valence-electron chi connectivity index (χ0n) is 23.8. The van der Waals surface area contributed by atoms with E-state index in [1.807, 2.05) is 20.8 Å². The third-order valence-electron chi connectivity index (χ3n) is 6.32. The van der Waals surface area contributed by atoms with Gasteiger partial charge >= 0.3 is 0 Å². The fraction of sp³-hybridized carbons (Fsp3) is 0.333. The molecule has 0 fully saturated rings. The number of rotatable bonds is 13. The van der Waals surface area contributed by atoms with Crippen LogP contribution in [0.5, 0.6) is 5.75 Å². The van der Waals surface area contributed by atoms with Gasteiger partial charge < -0.3 is 15.0 Å². The lowest BCUT2D eigenvalue weighted by Gasteiger charge is -2.34. The van der Waals surface area contributed by atoms with Crippen LogP contribution in [0, 0.1) is 0 Å². The Morgan fingerprint density at radius 2 is 1.50 bits per heavy atom. The molecule has 2 amide bonds. The molecule has 0 aliphatic rings. The quantitative estimate of drug-likeness (QED) is 0.225. The Morgan fingerprint density at radius 3 is 2.02 bits per heavy atom. The molecule has 42 heavy (non-hydrogen) atoms. The van der Waals surface area contributed by atoms with Gasteiger partial charge in [-0.25, -0.2) is 8.42 Å². The third-order valence-corrected chi connectivity index (χ3v) is 9.07. The van der Waals surface area contributed by atoms with Crippen LogP contribution in [0.2, 0.25) is 15.1 Å². The minimum absolute atomic E-state index is 0.0566. The first-order valence-electron chi connectivity index (χ1n) is 13.4. The third kappa shape index (κ3) is 8.31. The van der Waals surface area contributed by atoms with Crippen LogP contribution < -0.4 is 14.4 Å².